The first-order valence-electron chi connectivity index (χ1n) is 7.34. The second-order valence-electron chi connectivity index (χ2n) is 4.94. The van der Waals surface area contributed by atoms with E-state index in [2.05, 4.69) is 6.92 Å². The number of rotatable bonds is 9. The van der Waals surface area contributed by atoms with Crippen molar-refractivity contribution in [2.75, 3.05) is 26.2 Å². The van der Waals surface area contributed by atoms with Crippen LogP contribution in [0.4, 0.5) is 0 Å². The van der Waals surface area contributed by atoms with Gasteiger partial charge in [0.05, 0.1) is 13.0 Å². The molecule has 0 heterocycles. The third kappa shape index (κ3) is 6.06. The molecule has 4 nitrogen and oxygen atoms in total. The molecule has 0 saturated carbocycles. The molecule has 1 amide bonds. The maximum Gasteiger partial charge on any atom is 0.225 e. The fourth-order valence-corrected chi connectivity index (χ4v) is 2.03. The van der Waals surface area contributed by atoms with E-state index in [0.717, 1.165) is 37.2 Å². The summed E-state index contributed by atoms with van der Waals surface area (Å²) in [4.78, 5) is 14.0. The Labute approximate surface area is 121 Å². The molecule has 0 bridgehead atoms. The lowest BCUT2D eigenvalue weighted by atomic mass is 10.2. The molecule has 0 aliphatic carbocycles. The van der Waals surface area contributed by atoms with E-state index in [1.807, 2.05) is 36.1 Å². The topological polar surface area (TPSA) is 55.6 Å². The third-order valence-electron chi connectivity index (χ3n) is 3.05. The molecule has 1 rings (SSSR count). The zero-order valence-corrected chi connectivity index (χ0v) is 12.6. The lowest BCUT2D eigenvalue weighted by Gasteiger charge is -2.22. The fourth-order valence-electron chi connectivity index (χ4n) is 2.03. The van der Waals surface area contributed by atoms with Crippen molar-refractivity contribution < 1.29 is 9.53 Å². The zero-order valence-electron chi connectivity index (χ0n) is 12.6. The van der Waals surface area contributed by atoms with Crippen molar-refractivity contribution in [2.45, 2.75) is 33.1 Å². The number of benzene rings is 1. The highest BCUT2D eigenvalue weighted by atomic mass is 16.5. The van der Waals surface area contributed by atoms with Crippen molar-refractivity contribution in [3.8, 4) is 5.75 Å². The van der Waals surface area contributed by atoms with Gasteiger partial charge in [0, 0.05) is 13.1 Å². The molecule has 0 aliphatic rings. The van der Waals surface area contributed by atoms with Gasteiger partial charge in [0.2, 0.25) is 5.91 Å². The van der Waals surface area contributed by atoms with E-state index in [1.54, 1.807) is 0 Å². The minimum absolute atomic E-state index is 0.146. The van der Waals surface area contributed by atoms with E-state index < -0.39 is 0 Å². The molecule has 112 valence electrons. The average Bonchev–Trinajstić information content (AvgIpc) is 2.43. The summed E-state index contributed by atoms with van der Waals surface area (Å²) in [5, 5.41) is 0. The summed E-state index contributed by atoms with van der Waals surface area (Å²) in [6.45, 7) is 6.68. The first kappa shape index (κ1) is 16.5. The summed E-state index contributed by atoms with van der Waals surface area (Å²) in [6, 6.07) is 7.86. The Morgan fingerprint density at radius 1 is 1.35 bits per heavy atom. The monoisotopic (exact) mass is 278 g/mol. The van der Waals surface area contributed by atoms with Crippen LogP contribution in [0.25, 0.3) is 0 Å². The van der Waals surface area contributed by atoms with E-state index in [4.69, 9.17) is 10.5 Å². The van der Waals surface area contributed by atoms with Gasteiger partial charge in [0.15, 0.2) is 0 Å². The second-order valence-corrected chi connectivity index (χ2v) is 4.94. The van der Waals surface area contributed by atoms with Crippen LogP contribution in [0.15, 0.2) is 24.3 Å². The normalized spacial score (nSPS) is 10.3. The number of hydrogen-bond acceptors (Lipinski definition) is 3. The van der Waals surface area contributed by atoms with Gasteiger partial charge in [-0.25, -0.2) is 0 Å². The molecule has 1 aromatic carbocycles. The van der Waals surface area contributed by atoms with Crippen LogP contribution in [-0.2, 0) is 4.79 Å². The van der Waals surface area contributed by atoms with Gasteiger partial charge < -0.3 is 15.4 Å². The standard InChI is InChI=1S/C16H26N2O2/c1-3-10-18(11-5-9-17)16(19)8-12-20-15-7-4-6-14(2)13-15/h4,6-7,13H,3,5,8-12,17H2,1-2H3. The SMILES string of the molecule is CCCN(CCCN)C(=O)CCOc1cccc(C)c1. The number of ether oxygens (including phenoxy) is 1. The van der Waals surface area contributed by atoms with Crippen molar-refractivity contribution in [2.24, 2.45) is 5.73 Å². The Balaban J connectivity index is 2.36. The van der Waals surface area contributed by atoms with Crippen LogP contribution in [0, 0.1) is 6.92 Å². The molecule has 0 unspecified atom stereocenters. The number of carbonyl (C=O) groups is 1. The van der Waals surface area contributed by atoms with E-state index in [1.165, 1.54) is 0 Å². The highest BCUT2D eigenvalue weighted by molar-refractivity contribution is 5.76. The van der Waals surface area contributed by atoms with Crippen LogP contribution in [0.2, 0.25) is 0 Å². The second kappa shape index (κ2) is 9.37. The molecule has 4 heteroatoms. The maximum absolute atomic E-state index is 12.1. The van der Waals surface area contributed by atoms with Crippen LogP contribution in [0.1, 0.15) is 31.7 Å². The molecule has 0 aliphatic heterocycles. The molecule has 0 fully saturated rings. The highest BCUT2D eigenvalue weighted by Gasteiger charge is 2.11. The summed E-state index contributed by atoms with van der Waals surface area (Å²) < 4.78 is 5.62. The fraction of sp³-hybridized carbons (Fsp3) is 0.562. The van der Waals surface area contributed by atoms with E-state index in [9.17, 15) is 4.79 Å². The summed E-state index contributed by atoms with van der Waals surface area (Å²) in [5.74, 6) is 0.967. The van der Waals surface area contributed by atoms with Crippen LogP contribution >= 0.6 is 0 Å². The van der Waals surface area contributed by atoms with Gasteiger partial charge >= 0.3 is 0 Å². The summed E-state index contributed by atoms with van der Waals surface area (Å²) in [5.41, 5.74) is 6.66. The molecule has 0 radical (unpaired) electrons. The van der Waals surface area contributed by atoms with Gasteiger partial charge in [0.1, 0.15) is 5.75 Å². The first-order valence-corrected chi connectivity index (χ1v) is 7.34. The number of nitrogens with two attached hydrogens (primary N) is 1. The predicted octanol–water partition coefficient (Wildman–Crippen LogP) is 2.35. The molecule has 0 aromatic heterocycles. The molecule has 20 heavy (non-hydrogen) atoms. The Bertz CT molecular complexity index is 407. The third-order valence-corrected chi connectivity index (χ3v) is 3.05. The van der Waals surface area contributed by atoms with Gasteiger partial charge in [0.25, 0.3) is 0 Å². The number of amides is 1. The van der Waals surface area contributed by atoms with Crippen LogP contribution < -0.4 is 10.5 Å². The maximum atomic E-state index is 12.1. The Kier molecular flexibility index (Phi) is 7.73. The molecule has 0 saturated heterocycles. The zero-order chi connectivity index (χ0) is 14.8. The molecular formula is C16H26N2O2. The predicted molar refractivity (Wildman–Crippen MR) is 81.8 cm³/mol. The minimum atomic E-state index is 0.146. The van der Waals surface area contributed by atoms with Gasteiger partial charge in [-0.2, -0.15) is 0 Å². The number of aryl methyl sites for hydroxylation is 1. The van der Waals surface area contributed by atoms with Crippen LogP contribution in [-0.4, -0.2) is 37.0 Å². The van der Waals surface area contributed by atoms with Crippen molar-refractivity contribution in [1.29, 1.82) is 0 Å². The summed E-state index contributed by atoms with van der Waals surface area (Å²) in [7, 11) is 0. The first-order chi connectivity index (χ1) is 9.67. The smallest absolute Gasteiger partial charge is 0.225 e. The summed E-state index contributed by atoms with van der Waals surface area (Å²) in [6.07, 6.45) is 2.23. The lowest BCUT2D eigenvalue weighted by Crippen LogP contribution is -2.34. The van der Waals surface area contributed by atoms with Crippen LogP contribution in [0.5, 0.6) is 5.75 Å². The van der Waals surface area contributed by atoms with Crippen molar-refractivity contribution in [3.05, 3.63) is 29.8 Å². The number of hydrogen-bond donors (Lipinski definition) is 1. The van der Waals surface area contributed by atoms with Crippen molar-refractivity contribution in [1.82, 2.24) is 4.90 Å². The summed E-state index contributed by atoms with van der Waals surface area (Å²) >= 11 is 0. The van der Waals surface area contributed by atoms with Gasteiger partial charge in [-0.15, -0.1) is 0 Å². The van der Waals surface area contributed by atoms with Gasteiger partial charge in [-0.1, -0.05) is 19.1 Å². The quantitative estimate of drug-likeness (QED) is 0.754. The van der Waals surface area contributed by atoms with Gasteiger partial charge in [-0.05, 0) is 44.0 Å². The Hall–Kier alpha value is -1.55. The highest BCUT2D eigenvalue weighted by Crippen LogP contribution is 2.12. The molecule has 0 atom stereocenters. The van der Waals surface area contributed by atoms with Crippen molar-refractivity contribution >= 4 is 5.91 Å². The molecule has 2 N–H and O–H groups in total. The molecule has 1 aromatic rings. The Morgan fingerprint density at radius 3 is 2.80 bits per heavy atom. The van der Waals surface area contributed by atoms with Crippen molar-refractivity contribution in [3.63, 3.8) is 0 Å². The van der Waals surface area contributed by atoms with E-state index >= 15 is 0 Å². The lowest BCUT2D eigenvalue weighted by molar-refractivity contribution is -0.131. The largest absolute Gasteiger partial charge is 0.493 e. The minimum Gasteiger partial charge on any atom is -0.493 e. The molecule has 0 spiro atoms. The van der Waals surface area contributed by atoms with E-state index in [0.29, 0.717) is 19.6 Å². The van der Waals surface area contributed by atoms with Crippen LogP contribution in [0.3, 0.4) is 0 Å². The van der Waals surface area contributed by atoms with Gasteiger partial charge in [-0.3, -0.25) is 4.79 Å². The Morgan fingerprint density at radius 2 is 2.15 bits per heavy atom. The number of carbonyl (C=O) groups excluding carboxylic acids is 1. The molecular weight excluding hydrogens is 252 g/mol. The number of nitrogens with zero attached hydrogens (tertiary/aromatic N) is 1. The average molecular weight is 278 g/mol. The van der Waals surface area contributed by atoms with E-state index in [-0.39, 0.29) is 5.91 Å².